The number of rotatable bonds is 4. The van der Waals surface area contributed by atoms with Crippen LogP contribution in [0.1, 0.15) is 10.4 Å². The van der Waals surface area contributed by atoms with Crippen molar-refractivity contribution in [3.63, 3.8) is 0 Å². The third kappa shape index (κ3) is 3.18. The molecule has 4 aromatic rings. The van der Waals surface area contributed by atoms with E-state index in [1.54, 1.807) is 30.9 Å². The van der Waals surface area contributed by atoms with Gasteiger partial charge in [-0.25, -0.2) is 9.97 Å². The molecule has 4 rings (SSSR count). The summed E-state index contributed by atoms with van der Waals surface area (Å²) in [5, 5.41) is 2.91. The molecule has 2 heterocycles. The minimum Gasteiger partial charge on any atom is -0.444 e. The number of nitrogens with zero attached hydrogens (tertiary/aromatic N) is 3. The summed E-state index contributed by atoms with van der Waals surface area (Å²) >= 11 is 0. The molecule has 0 fully saturated rings. The molecule has 0 aliphatic rings. The van der Waals surface area contributed by atoms with Crippen LogP contribution in [0, 0.1) is 0 Å². The highest BCUT2D eigenvalue weighted by Crippen LogP contribution is 2.21. The molecule has 0 unspecified atom stereocenters. The van der Waals surface area contributed by atoms with E-state index in [9.17, 15) is 4.79 Å². The molecule has 0 saturated carbocycles. The van der Waals surface area contributed by atoms with Crippen LogP contribution in [0.5, 0.6) is 0 Å². The monoisotopic (exact) mass is 330 g/mol. The number of anilines is 1. The molecule has 2 aromatic carbocycles. The number of aromatic nitrogens is 3. The fraction of sp³-hybridized carbons (Fsp3) is 0. The number of hydrogen-bond donors (Lipinski definition) is 1. The average molecular weight is 330 g/mol. The number of oxazole rings is 1. The first-order valence-corrected chi connectivity index (χ1v) is 7.68. The van der Waals surface area contributed by atoms with E-state index in [0.717, 1.165) is 11.3 Å². The van der Waals surface area contributed by atoms with E-state index >= 15 is 0 Å². The Morgan fingerprint density at radius 3 is 2.80 bits per heavy atom. The predicted molar refractivity (Wildman–Crippen MR) is 93.5 cm³/mol. The Bertz CT molecular complexity index is 992. The second-order valence-electron chi connectivity index (χ2n) is 5.42. The van der Waals surface area contributed by atoms with E-state index in [-0.39, 0.29) is 5.91 Å². The first-order chi connectivity index (χ1) is 12.3. The van der Waals surface area contributed by atoms with Gasteiger partial charge in [-0.3, -0.25) is 4.79 Å². The van der Waals surface area contributed by atoms with Gasteiger partial charge in [0.2, 0.25) is 0 Å². The molecular formula is C19H14N4O2. The van der Waals surface area contributed by atoms with Gasteiger partial charge in [0, 0.05) is 34.9 Å². The van der Waals surface area contributed by atoms with Gasteiger partial charge in [-0.2, -0.15) is 0 Å². The van der Waals surface area contributed by atoms with E-state index in [1.165, 1.54) is 6.39 Å². The van der Waals surface area contributed by atoms with Crippen molar-refractivity contribution >= 4 is 11.6 Å². The van der Waals surface area contributed by atoms with Crippen molar-refractivity contribution < 1.29 is 9.21 Å². The highest BCUT2D eigenvalue weighted by molar-refractivity contribution is 6.05. The van der Waals surface area contributed by atoms with E-state index in [2.05, 4.69) is 15.3 Å². The van der Waals surface area contributed by atoms with Crippen molar-refractivity contribution in [3.8, 4) is 17.0 Å². The van der Waals surface area contributed by atoms with Gasteiger partial charge in [-0.05, 0) is 30.3 Å². The predicted octanol–water partition coefficient (Wildman–Crippen LogP) is 3.78. The summed E-state index contributed by atoms with van der Waals surface area (Å²) in [6.07, 6.45) is 8.25. The highest BCUT2D eigenvalue weighted by Gasteiger charge is 2.09. The number of nitrogens with one attached hydrogen (secondary N) is 1. The van der Waals surface area contributed by atoms with Gasteiger partial charge >= 0.3 is 0 Å². The summed E-state index contributed by atoms with van der Waals surface area (Å²) in [5.74, 6) is 0.431. The van der Waals surface area contributed by atoms with Crippen LogP contribution in [-0.2, 0) is 0 Å². The highest BCUT2D eigenvalue weighted by atomic mass is 16.3. The molecule has 6 heteroatoms. The minimum absolute atomic E-state index is 0.191. The van der Waals surface area contributed by atoms with Crippen molar-refractivity contribution in [2.45, 2.75) is 0 Å². The Morgan fingerprint density at radius 2 is 2.00 bits per heavy atom. The van der Waals surface area contributed by atoms with Crippen molar-refractivity contribution in [2.75, 3.05) is 5.32 Å². The number of benzene rings is 2. The molecule has 0 bridgehead atoms. The third-order valence-electron chi connectivity index (χ3n) is 3.75. The van der Waals surface area contributed by atoms with Crippen molar-refractivity contribution in [2.24, 2.45) is 0 Å². The molecule has 6 nitrogen and oxygen atoms in total. The van der Waals surface area contributed by atoms with Gasteiger partial charge in [0.15, 0.2) is 12.2 Å². The average Bonchev–Trinajstić information content (AvgIpc) is 3.36. The molecule has 1 N–H and O–H groups in total. The minimum atomic E-state index is -0.191. The fourth-order valence-corrected chi connectivity index (χ4v) is 2.53. The van der Waals surface area contributed by atoms with Crippen LogP contribution in [-0.4, -0.2) is 20.4 Å². The molecule has 0 aliphatic carbocycles. The second-order valence-corrected chi connectivity index (χ2v) is 5.42. The topological polar surface area (TPSA) is 73.0 Å². The lowest BCUT2D eigenvalue weighted by atomic mass is 10.1. The molecule has 0 radical (unpaired) electrons. The van der Waals surface area contributed by atoms with Crippen LogP contribution < -0.4 is 5.32 Å². The standard InChI is InChI=1S/C19H14N4O2/c24-19(15-4-1-3-14(9-15)18-11-21-13-25-18)22-16-5-2-6-17(10-16)23-8-7-20-12-23/h1-13H,(H,22,24). The summed E-state index contributed by atoms with van der Waals surface area (Å²) in [6.45, 7) is 0. The van der Waals surface area contributed by atoms with Crippen LogP contribution in [0.15, 0.2) is 84.3 Å². The van der Waals surface area contributed by atoms with E-state index < -0.39 is 0 Å². The van der Waals surface area contributed by atoms with Gasteiger partial charge in [0.25, 0.3) is 5.91 Å². The Morgan fingerprint density at radius 1 is 1.08 bits per heavy atom. The molecule has 122 valence electrons. The van der Waals surface area contributed by atoms with Gasteiger partial charge < -0.3 is 14.3 Å². The van der Waals surface area contributed by atoms with Crippen LogP contribution >= 0.6 is 0 Å². The van der Waals surface area contributed by atoms with E-state index in [1.807, 2.05) is 47.2 Å². The Balaban J connectivity index is 1.57. The van der Waals surface area contributed by atoms with Crippen LogP contribution in [0.2, 0.25) is 0 Å². The smallest absolute Gasteiger partial charge is 0.255 e. The van der Waals surface area contributed by atoms with Crippen molar-refractivity contribution in [3.05, 3.63) is 85.4 Å². The van der Waals surface area contributed by atoms with Gasteiger partial charge in [0.1, 0.15) is 0 Å². The lowest BCUT2D eigenvalue weighted by Crippen LogP contribution is -2.12. The van der Waals surface area contributed by atoms with E-state index in [0.29, 0.717) is 17.0 Å². The summed E-state index contributed by atoms with van der Waals surface area (Å²) in [7, 11) is 0. The zero-order chi connectivity index (χ0) is 17.1. The molecular weight excluding hydrogens is 316 g/mol. The lowest BCUT2D eigenvalue weighted by molar-refractivity contribution is 0.102. The number of carbonyl (C=O) groups is 1. The van der Waals surface area contributed by atoms with Gasteiger partial charge in [-0.1, -0.05) is 18.2 Å². The van der Waals surface area contributed by atoms with Gasteiger partial charge in [-0.15, -0.1) is 0 Å². The lowest BCUT2D eigenvalue weighted by Gasteiger charge is -2.08. The quantitative estimate of drug-likeness (QED) is 0.618. The SMILES string of the molecule is O=C(Nc1cccc(-n2ccnc2)c1)c1cccc(-c2cnco2)c1. The van der Waals surface area contributed by atoms with E-state index in [4.69, 9.17) is 4.42 Å². The van der Waals surface area contributed by atoms with Crippen LogP contribution in [0.25, 0.3) is 17.0 Å². The Hall–Kier alpha value is -3.67. The number of imidazole rings is 1. The molecule has 0 spiro atoms. The summed E-state index contributed by atoms with van der Waals surface area (Å²) in [6, 6.07) is 14.8. The summed E-state index contributed by atoms with van der Waals surface area (Å²) in [5.41, 5.74) is 2.98. The maximum Gasteiger partial charge on any atom is 0.255 e. The maximum absolute atomic E-state index is 12.6. The number of hydrogen-bond acceptors (Lipinski definition) is 4. The summed E-state index contributed by atoms with van der Waals surface area (Å²) < 4.78 is 7.15. The first kappa shape index (κ1) is 14.9. The Kier molecular flexibility index (Phi) is 3.84. The normalized spacial score (nSPS) is 10.6. The zero-order valence-electron chi connectivity index (χ0n) is 13.2. The molecule has 0 saturated heterocycles. The van der Waals surface area contributed by atoms with Gasteiger partial charge in [0.05, 0.1) is 12.5 Å². The van der Waals surface area contributed by atoms with Crippen LogP contribution in [0.3, 0.4) is 0 Å². The zero-order valence-corrected chi connectivity index (χ0v) is 13.2. The molecule has 0 aliphatic heterocycles. The third-order valence-corrected chi connectivity index (χ3v) is 3.75. The second kappa shape index (κ2) is 6.45. The van der Waals surface area contributed by atoms with Crippen LogP contribution in [0.4, 0.5) is 5.69 Å². The first-order valence-electron chi connectivity index (χ1n) is 7.68. The fourth-order valence-electron chi connectivity index (χ4n) is 2.53. The largest absolute Gasteiger partial charge is 0.444 e. The summed E-state index contributed by atoms with van der Waals surface area (Å²) in [4.78, 5) is 20.5. The maximum atomic E-state index is 12.6. The van der Waals surface area contributed by atoms with Crippen molar-refractivity contribution in [1.82, 2.24) is 14.5 Å². The molecule has 0 atom stereocenters. The molecule has 1 amide bonds. The number of amides is 1. The van der Waals surface area contributed by atoms with Crippen molar-refractivity contribution in [1.29, 1.82) is 0 Å². The molecule has 2 aromatic heterocycles. The number of carbonyl (C=O) groups excluding carboxylic acids is 1. The molecule has 25 heavy (non-hydrogen) atoms. The Labute approximate surface area is 143 Å².